The predicted molar refractivity (Wildman–Crippen MR) is 82.0 cm³/mol. The number of nitrogens with two attached hydrogens (primary N) is 1. The molecule has 0 unspecified atom stereocenters. The van der Waals surface area contributed by atoms with E-state index in [0.29, 0.717) is 5.88 Å². The number of anilines is 1. The lowest BCUT2D eigenvalue weighted by Crippen LogP contribution is -1.90. The summed E-state index contributed by atoms with van der Waals surface area (Å²) in [5.74, 6) is 0.298. The van der Waals surface area contributed by atoms with Crippen LogP contribution in [-0.2, 0) is 0 Å². The summed E-state index contributed by atoms with van der Waals surface area (Å²) in [6.07, 6.45) is 3.47. The van der Waals surface area contributed by atoms with Gasteiger partial charge in [0.2, 0.25) is 5.88 Å². The fourth-order valence-corrected chi connectivity index (χ4v) is 2.49. The molecule has 3 aromatic rings. The van der Waals surface area contributed by atoms with Gasteiger partial charge in [-0.25, -0.2) is 0 Å². The van der Waals surface area contributed by atoms with Gasteiger partial charge in [-0.3, -0.25) is 4.98 Å². The second-order valence-corrected chi connectivity index (χ2v) is 5.39. The summed E-state index contributed by atoms with van der Waals surface area (Å²) in [6, 6.07) is 9.82. The zero-order chi connectivity index (χ0) is 14.1. The second-order valence-electron chi connectivity index (χ2n) is 4.47. The van der Waals surface area contributed by atoms with Crippen molar-refractivity contribution in [3.8, 4) is 22.4 Å². The van der Waals surface area contributed by atoms with Gasteiger partial charge in [0.1, 0.15) is 5.69 Å². The van der Waals surface area contributed by atoms with Crippen LogP contribution in [-0.4, -0.2) is 10.1 Å². The Labute approximate surface area is 124 Å². The van der Waals surface area contributed by atoms with E-state index in [0.717, 1.165) is 32.4 Å². The quantitative estimate of drug-likeness (QED) is 0.770. The van der Waals surface area contributed by atoms with Gasteiger partial charge < -0.3 is 10.3 Å². The summed E-state index contributed by atoms with van der Waals surface area (Å²) < 4.78 is 6.17. The molecule has 2 N–H and O–H groups in total. The van der Waals surface area contributed by atoms with Crippen LogP contribution >= 0.6 is 15.9 Å². The Kier molecular flexibility index (Phi) is 3.28. The number of halogens is 1. The number of pyridine rings is 1. The summed E-state index contributed by atoms with van der Waals surface area (Å²) in [4.78, 5) is 4.12. The number of nitrogen functional groups attached to an aromatic ring is 1. The van der Waals surface area contributed by atoms with Crippen LogP contribution in [0, 0.1) is 6.92 Å². The van der Waals surface area contributed by atoms with Gasteiger partial charge in [0.15, 0.2) is 0 Å². The van der Waals surface area contributed by atoms with Crippen LogP contribution in [0.5, 0.6) is 0 Å². The molecule has 0 spiro atoms. The third-order valence-electron chi connectivity index (χ3n) is 3.12. The highest BCUT2D eigenvalue weighted by Gasteiger charge is 2.19. The van der Waals surface area contributed by atoms with Crippen LogP contribution in [0.25, 0.3) is 22.4 Å². The summed E-state index contributed by atoms with van der Waals surface area (Å²) in [7, 11) is 0. The number of aromatic nitrogens is 2. The Morgan fingerprint density at radius 2 is 2.10 bits per heavy atom. The summed E-state index contributed by atoms with van der Waals surface area (Å²) in [6.45, 7) is 2.03. The van der Waals surface area contributed by atoms with Crippen molar-refractivity contribution >= 4 is 21.8 Å². The van der Waals surface area contributed by atoms with Crippen LogP contribution < -0.4 is 5.73 Å². The van der Waals surface area contributed by atoms with Crippen LogP contribution in [0.3, 0.4) is 0 Å². The molecule has 0 aliphatic rings. The Hall–Kier alpha value is -2.14. The van der Waals surface area contributed by atoms with Crippen LogP contribution in [0.1, 0.15) is 5.56 Å². The van der Waals surface area contributed by atoms with Gasteiger partial charge in [-0.15, -0.1) is 0 Å². The zero-order valence-corrected chi connectivity index (χ0v) is 12.4. The molecular weight excluding hydrogens is 318 g/mol. The first kappa shape index (κ1) is 12.9. The van der Waals surface area contributed by atoms with Gasteiger partial charge >= 0.3 is 0 Å². The van der Waals surface area contributed by atoms with Crippen molar-refractivity contribution in [2.24, 2.45) is 0 Å². The number of nitrogens with zero attached hydrogens (tertiary/aromatic N) is 2. The fourth-order valence-electron chi connectivity index (χ4n) is 2.13. The largest absolute Gasteiger partial charge is 0.367 e. The molecule has 0 atom stereocenters. The molecule has 2 heterocycles. The number of benzene rings is 1. The number of rotatable bonds is 2. The molecule has 100 valence electrons. The Bertz CT molecular complexity index is 753. The number of hydrogen-bond acceptors (Lipinski definition) is 4. The third-order valence-corrected chi connectivity index (χ3v) is 3.62. The van der Waals surface area contributed by atoms with E-state index < -0.39 is 0 Å². The Morgan fingerprint density at radius 1 is 1.25 bits per heavy atom. The van der Waals surface area contributed by atoms with Crippen molar-refractivity contribution < 1.29 is 4.52 Å². The maximum Gasteiger partial charge on any atom is 0.230 e. The van der Waals surface area contributed by atoms with Gasteiger partial charge in [-0.05, 0) is 30.7 Å². The minimum Gasteiger partial charge on any atom is -0.367 e. The monoisotopic (exact) mass is 329 g/mol. The first-order valence-electron chi connectivity index (χ1n) is 6.09. The van der Waals surface area contributed by atoms with Crippen molar-refractivity contribution in [2.45, 2.75) is 6.92 Å². The van der Waals surface area contributed by atoms with Crippen molar-refractivity contribution in [3.05, 3.63) is 52.8 Å². The second kappa shape index (κ2) is 5.09. The van der Waals surface area contributed by atoms with Gasteiger partial charge in [-0.1, -0.05) is 33.2 Å². The first-order chi connectivity index (χ1) is 9.66. The maximum absolute atomic E-state index is 5.93. The van der Waals surface area contributed by atoms with E-state index in [1.54, 1.807) is 12.4 Å². The average molecular weight is 330 g/mol. The zero-order valence-electron chi connectivity index (χ0n) is 10.8. The SMILES string of the molecule is Cc1ccc(Br)cc1-c1noc(N)c1-c1cccnc1. The fraction of sp³-hybridized carbons (Fsp3) is 0.0667. The van der Waals surface area contributed by atoms with Gasteiger partial charge in [0.05, 0.1) is 5.56 Å². The summed E-state index contributed by atoms with van der Waals surface area (Å²) in [5.41, 5.74) is 10.4. The highest BCUT2D eigenvalue weighted by Crippen LogP contribution is 2.37. The van der Waals surface area contributed by atoms with E-state index in [4.69, 9.17) is 10.3 Å². The normalized spacial score (nSPS) is 10.7. The molecule has 2 aromatic heterocycles. The van der Waals surface area contributed by atoms with Crippen molar-refractivity contribution in [2.75, 3.05) is 5.73 Å². The summed E-state index contributed by atoms with van der Waals surface area (Å²) in [5, 5.41) is 4.12. The van der Waals surface area contributed by atoms with Crippen LogP contribution in [0.15, 0.2) is 51.7 Å². The molecule has 3 rings (SSSR count). The third kappa shape index (κ3) is 2.20. The molecule has 0 saturated heterocycles. The van der Waals surface area contributed by atoms with Crippen LogP contribution in [0.4, 0.5) is 5.88 Å². The summed E-state index contributed by atoms with van der Waals surface area (Å²) >= 11 is 3.48. The average Bonchev–Trinajstić information content (AvgIpc) is 2.84. The Balaban J connectivity index is 2.24. The van der Waals surface area contributed by atoms with Crippen molar-refractivity contribution in [1.29, 1.82) is 0 Å². The van der Waals surface area contributed by atoms with E-state index in [9.17, 15) is 0 Å². The van der Waals surface area contributed by atoms with Gasteiger partial charge in [0.25, 0.3) is 0 Å². The van der Waals surface area contributed by atoms with E-state index in [1.807, 2.05) is 37.3 Å². The number of aryl methyl sites for hydroxylation is 1. The molecule has 4 nitrogen and oxygen atoms in total. The topological polar surface area (TPSA) is 64.9 Å². The van der Waals surface area contributed by atoms with Crippen molar-refractivity contribution in [1.82, 2.24) is 10.1 Å². The molecule has 0 fully saturated rings. The van der Waals surface area contributed by atoms with Gasteiger partial charge in [-0.2, -0.15) is 0 Å². The molecule has 0 aliphatic heterocycles. The minimum atomic E-state index is 0.298. The van der Waals surface area contributed by atoms with Gasteiger partial charge in [0, 0.05) is 28.0 Å². The molecule has 1 aromatic carbocycles. The Morgan fingerprint density at radius 3 is 2.85 bits per heavy atom. The first-order valence-corrected chi connectivity index (χ1v) is 6.88. The highest BCUT2D eigenvalue weighted by atomic mass is 79.9. The molecule has 0 aliphatic carbocycles. The molecule has 20 heavy (non-hydrogen) atoms. The van der Waals surface area contributed by atoms with Crippen LogP contribution in [0.2, 0.25) is 0 Å². The lowest BCUT2D eigenvalue weighted by atomic mass is 9.99. The van der Waals surface area contributed by atoms with E-state index in [-0.39, 0.29) is 0 Å². The maximum atomic E-state index is 5.93. The lowest BCUT2D eigenvalue weighted by molar-refractivity contribution is 0.439. The predicted octanol–water partition coefficient (Wildman–Crippen LogP) is 4.06. The minimum absolute atomic E-state index is 0.298. The molecule has 0 radical (unpaired) electrons. The highest BCUT2D eigenvalue weighted by molar-refractivity contribution is 9.10. The van der Waals surface area contributed by atoms with Crippen molar-refractivity contribution in [3.63, 3.8) is 0 Å². The van der Waals surface area contributed by atoms with E-state index in [1.165, 1.54) is 0 Å². The lowest BCUT2D eigenvalue weighted by Gasteiger charge is -2.06. The number of hydrogen-bond donors (Lipinski definition) is 1. The molecule has 0 bridgehead atoms. The van der Waals surface area contributed by atoms with E-state index in [2.05, 4.69) is 26.1 Å². The van der Waals surface area contributed by atoms with E-state index >= 15 is 0 Å². The molecule has 0 saturated carbocycles. The molecule has 0 amide bonds. The molecular formula is C15H12BrN3O. The molecule has 5 heteroatoms. The smallest absolute Gasteiger partial charge is 0.230 e. The standard InChI is InChI=1S/C15H12BrN3O/c1-9-4-5-11(16)7-12(9)14-13(15(17)20-19-14)10-3-2-6-18-8-10/h2-8H,17H2,1H3.